The highest BCUT2D eigenvalue weighted by molar-refractivity contribution is 8.00. The maximum atomic E-state index is 12.2. The van der Waals surface area contributed by atoms with Crippen molar-refractivity contribution < 1.29 is 13.9 Å². The summed E-state index contributed by atoms with van der Waals surface area (Å²) in [6.45, 7) is 12.4. The van der Waals surface area contributed by atoms with Gasteiger partial charge in [0.05, 0.1) is 18.4 Å². The van der Waals surface area contributed by atoms with Crippen molar-refractivity contribution in [1.29, 1.82) is 0 Å². The molecular formula is C17H23N3O3S. The van der Waals surface area contributed by atoms with Crippen molar-refractivity contribution in [3.05, 3.63) is 30.7 Å². The monoisotopic (exact) mass is 349 g/mol. The number of allylic oxidation sites excluding steroid dienone is 1. The van der Waals surface area contributed by atoms with Crippen molar-refractivity contribution in [3.8, 4) is 11.4 Å². The summed E-state index contributed by atoms with van der Waals surface area (Å²) in [5.74, 6) is 1.36. The third-order valence-corrected chi connectivity index (χ3v) is 4.99. The molecule has 0 spiro atoms. The normalized spacial score (nSPS) is 12.4. The van der Waals surface area contributed by atoms with Crippen LogP contribution in [0.1, 0.15) is 26.5 Å². The van der Waals surface area contributed by atoms with Crippen molar-refractivity contribution in [1.82, 2.24) is 14.8 Å². The Morgan fingerprint density at radius 1 is 1.50 bits per heavy atom. The molecule has 0 unspecified atom stereocenters. The summed E-state index contributed by atoms with van der Waals surface area (Å²) in [5, 5.41) is 8.89. The summed E-state index contributed by atoms with van der Waals surface area (Å²) in [5.41, 5.74) is 0.883. The topological polar surface area (TPSA) is 70.2 Å². The van der Waals surface area contributed by atoms with Crippen molar-refractivity contribution in [2.45, 2.75) is 44.6 Å². The Balaban J connectivity index is 2.36. The van der Waals surface area contributed by atoms with Gasteiger partial charge in [-0.1, -0.05) is 31.7 Å². The van der Waals surface area contributed by atoms with E-state index < -0.39 is 0 Å². The van der Waals surface area contributed by atoms with Gasteiger partial charge in [0.1, 0.15) is 11.0 Å². The number of thioether (sulfide) groups is 1. The fraction of sp³-hybridized carbons (Fsp3) is 0.471. The number of furan rings is 1. The van der Waals surface area contributed by atoms with E-state index in [1.165, 1.54) is 11.8 Å². The lowest BCUT2D eigenvalue weighted by Crippen LogP contribution is -2.26. The molecule has 0 saturated carbocycles. The van der Waals surface area contributed by atoms with E-state index >= 15 is 0 Å². The Morgan fingerprint density at radius 2 is 2.25 bits per heavy atom. The Labute approximate surface area is 146 Å². The van der Waals surface area contributed by atoms with E-state index in [2.05, 4.69) is 16.8 Å². The first-order chi connectivity index (χ1) is 11.5. The van der Waals surface area contributed by atoms with Crippen molar-refractivity contribution in [2.75, 3.05) is 6.61 Å². The Morgan fingerprint density at radius 3 is 2.79 bits per heavy atom. The van der Waals surface area contributed by atoms with E-state index in [4.69, 9.17) is 9.15 Å². The summed E-state index contributed by atoms with van der Waals surface area (Å²) in [6, 6.07) is 1.86. The van der Waals surface area contributed by atoms with Crippen LogP contribution in [0.3, 0.4) is 0 Å². The van der Waals surface area contributed by atoms with Gasteiger partial charge in [0, 0.05) is 6.54 Å². The lowest BCUT2D eigenvalue weighted by molar-refractivity contribution is -0.143. The second kappa shape index (κ2) is 8.19. The van der Waals surface area contributed by atoms with Crippen LogP contribution in [0.4, 0.5) is 0 Å². The molecule has 0 amide bonds. The molecule has 0 aromatic carbocycles. The second-order valence-corrected chi connectivity index (χ2v) is 6.74. The average Bonchev–Trinajstić information content (AvgIpc) is 3.11. The van der Waals surface area contributed by atoms with E-state index in [-0.39, 0.29) is 17.1 Å². The molecule has 0 saturated heterocycles. The molecule has 0 fully saturated rings. The highest BCUT2D eigenvalue weighted by atomic mass is 32.2. The Bertz CT molecular complexity index is 706. The third kappa shape index (κ3) is 3.90. The van der Waals surface area contributed by atoms with Crippen LogP contribution in [0.2, 0.25) is 0 Å². The summed E-state index contributed by atoms with van der Waals surface area (Å²) < 4.78 is 12.5. The quantitative estimate of drug-likeness (QED) is 0.411. The molecule has 0 aliphatic heterocycles. The Hall–Kier alpha value is -2.02. The highest BCUT2D eigenvalue weighted by Gasteiger charge is 2.28. The van der Waals surface area contributed by atoms with Crippen molar-refractivity contribution in [2.24, 2.45) is 5.92 Å². The minimum Gasteiger partial charge on any atom is -0.469 e. The van der Waals surface area contributed by atoms with E-state index in [9.17, 15) is 4.79 Å². The molecule has 0 bridgehead atoms. The number of hydrogen-bond donors (Lipinski definition) is 0. The first-order valence-electron chi connectivity index (χ1n) is 7.91. The first kappa shape index (κ1) is 18.3. The molecule has 1 atom stereocenters. The van der Waals surface area contributed by atoms with Gasteiger partial charge in [0.25, 0.3) is 0 Å². The largest absolute Gasteiger partial charge is 0.469 e. The molecule has 0 radical (unpaired) electrons. The molecule has 2 aromatic heterocycles. The summed E-state index contributed by atoms with van der Waals surface area (Å²) in [4.78, 5) is 12.2. The fourth-order valence-corrected chi connectivity index (χ4v) is 3.32. The minimum absolute atomic E-state index is 0.113. The number of rotatable bonds is 8. The number of aromatic nitrogens is 3. The molecule has 2 heterocycles. The summed E-state index contributed by atoms with van der Waals surface area (Å²) in [6.07, 6.45) is 3.40. The number of carbonyl (C=O) groups is 1. The zero-order valence-electron chi connectivity index (χ0n) is 14.5. The molecule has 0 aliphatic carbocycles. The van der Waals surface area contributed by atoms with Gasteiger partial charge in [-0.15, -0.1) is 16.8 Å². The average molecular weight is 349 g/mol. The zero-order chi connectivity index (χ0) is 17.7. The molecule has 2 rings (SSSR count). The van der Waals surface area contributed by atoms with Crippen LogP contribution in [0, 0.1) is 12.8 Å². The van der Waals surface area contributed by atoms with Crippen LogP contribution in [0.5, 0.6) is 0 Å². The first-order valence-corrected chi connectivity index (χ1v) is 8.79. The minimum atomic E-state index is -0.337. The summed E-state index contributed by atoms with van der Waals surface area (Å²) >= 11 is 1.37. The number of hydrogen-bond acceptors (Lipinski definition) is 6. The van der Waals surface area contributed by atoms with Gasteiger partial charge in [-0.2, -0.15) is 0 Å². The molecule has 2 aromatic rings. The molecule has 24 heavy (non-hydrogen) atoms. The number of ether oxygens (including phenoxy) is 1. The number of aryl methyl sites for hydroxylation is 1. The van der Waals surface area contributed by atoms with Crippen LogP contribution in [-0.2, 0) is 16.1 Å². The van der Waals surface area contributed by atoms with Gasteiger partial charge >= 0.3 is 5.97 Å². The van der Waals surface area contributed by atoms with Crippen LogP contribution >= 0.6 is 11.8 Å². The van der Waals surface area contributed by atoms with Gasteiger partial charge in [-0.25, -0.2) is 0 Å². The van der Waals surface area contributed by atoms with E-state index in [1.54, 1.807) is 19.3 Å². The van der Waals surface area contributed by atoms with Crippen LogP contribution in [0.25, 0.3) is 11.4 Å². The van der Waals surface area contributed by atoms with Gasteiger partial charge in [-0.3, -0.25) is 9.36 Å². The third-order valence-electron chi connectivity index (χ3n) is 3.49. The molecule has 0 aliphatic rings. The van der Waals surface area contributed by atoms with E-state index in [1.807, 2.05) is 31.4 Å². The number of carbonyl (C=O) groups excluding carboxylic acids is 1. The van der Waals surface area contributed by atoms with Gasteiger partial charge in [0.2, 0.25) is 0 Å². The molecule has 130 valence electrons. The van der Waals surface area contributed by atoms with Crippen molar-refractivity contribution in [3.63, 3.8) is 0 Å². The molecular weight excluding hydrogens is 326 g/mol. The van der Waals surface area contributed by atoms with Crippen LogP contribution in [0.15, 0.2) is 34.6 Å². The van der Waals surface area contributed by atoms with E-state index in [0.717, 1.165) is 11.3 Å². The molecule has 6 nitrogen and oxygen atoms in total. The van der Waals surface area contributed by atoms with Gasteiger partial charge < -0.3 is 9.15 Å². The maximum Gasteiger partial charge on any atom is 0.319 e. The van der Waals surface area contributed by atoms with Crippen LogP contribution in [-0.4, -0.2) is 32.6 Å². The zero-order valence-corrected chi connectivity index (χ0v) is 15.3. The Kier molecular flexibility index (Phi) is 6.25. The highest BCUT2D eigenvalue weighted by Crippen LogP contribution is 2.32. The lowest BCUT2D eigenvalue weighted by atomic mass is 10.1. The van der Waals surface area contributed by atoms with E-state index in [0.29, 0.717) is 24.1 Å². The lowest BCUT2D eigenvalue weighted by Gasteiger charge is -2.18. The predicted octanol–water partition coefficient (Wildman–Crippen LogP) is 3.71. The molecule has 7 heteroatoms. The van der Waals surface area contributed by atoms with Gasteiger partial charge in [0.15, 0.2) is 11.0 Å². The number of nitrogens with zero attached hydrogens (tertiary/aromatic N) is 3. The predicted molar refractivity (Wildman–Crippen MR) is 93.8 cm³/mol. The fourth-order valence-electron chi connectivity index (χ4n) is 2.28. The SMILES string of the molecule is C=CCn1c(S[C@@H](C(=O)OCC)C(C)C)nnc1-c1ccoc1C. The van der Waals surface area contributed by atoms with Gasteiger partial charge in [-0.05, 0) is 25.8 Å². The maximum absolute atomic E-state index is 12.2. The second-order valence-electron chi connectivity index (χ2n) is 5.63. The molecule has 0 N–H and O–H groups in total. The summed E-state index contributed by atoms with van der Waals surface area (Å²) in [7, 11) is 0. The van der Waals surface area contributed by atoms with Crippen molar-refractivity contribution >= 4 is 17.7 Å². The standard InChI is InChI=1S/C17H23N3O3S/c1-6-9-20-15(13-8-10-23-12(13)5)18-19-17(20)24-14(11(3)4)16(21)22-7-2/h6,8,10-11,14H,1,7,9H2,2-5H3/t14-/m1/s1. The van der Waals surface area contributed by atoms with Crippen LogP contribution < -0.4 is 0 Å². The smallest absolute Gasteiger partial charge is 0.319 e. The number of esters is 1.